The number of halogens is 2. The van der Waals surface area contributed by atoms with Gasteiger partial charge < -0.3 is 10.6 Å². The van der Waals surface area contributed by atoms with Crippen molar-refractivity contribution in [1.82, 2.24) is 10.6 Å². The molecule has 1 fully saturated rings. The predicted octanol–water partition coefficient (Wildman–Crippen LogP) is 3.04. The maximum Gasteiger partial charge on any atom is 0.261 e. The van der Waals surface area contributed by atoms with Crippen molar-refractivity contribution in [3.63, 3.8) is 0 Å². The van der Waals surface area contributed by atoms with Crippen LogP contribution in [0.5, 0.6) is 0 Å². The Labute approximate surface area is 170 Å². The minimum atomic E-state index is -3.73. The van der Waals surface area contributed by atoms with Gasteiger partial charge >= 0.3 is 0 Å². The van der Waals surface area contributed by atoms with Crippen molar-refractivity contribution >= 4 is 45.6 Å². The van der Waals surface area contributed by atoms with Crippen LogP contribution in [0.1, 0.15) is 23.2 Å². The first-order valence-electron chi connectivity index (χ1n) is 8.34. The van der Waals surface area contributed by atoms with E-state index in [2.05, 4.69) is 15.4 Å². The number of carbonyl (C=O) groups is 1. The highest BCUT2D eigenvalue weighted by molar-refractivity contribution is 7.92. The number of piperidine rings is 1. The molecule has 0 aliphatic carbocycles. The number of anilines is 1. The lowest BCUT2D eigenvalue weighted by molar-refractivity contribution is 0.0930. The van der Waals surface area contributed by atoms with Crippen LogP contribution >= 0.6 is 24.0 Å². The second-order valence-corrected chi connectivity index (χ2v) is 8.27. The normalized spacial score (nSPS) is 16.9. The molecular formula is C18H21Cl2N3O3S. The van der Waals surface area contributed by atoms with E-state index in [0.29, 0.717) is 16.3 Å². The van der Waals surface area contributed by atoms with Crippen molar-refractivity contribution in [3.05, 3.63) is 59.1 Å². The van der Waals surface area contributed by atoms with Gasteiger partial charge in [0.05, 0.1) is 4.90 Å². The molecular weight excluding hydrogens is 409 g/mol. The van der Waals surface area contributed by atoms with Crippen LogP contribution in [0.3, 0.4) is 0 Å². The van der Waals surface area contributed by atoms with Crippen LogP contribution in [0, 0.1) is 0 Å². The number of hydrogen-bond acceptors (Lipinski definition) is 4. The molecule has 0 aromatic heterocycles. The van der Waals surface area contributed by atoms with Gasteiger partial charge in [-0.2, -0.15) is 0 Å². The van der Waals surface area contributed by atoms with Gasteiger partial charge in [-0.15, -0.1) is 12.4 Å². The lowest BCUT2D eigenvalue weighted by Gasteiger charge is -2.23. The van der Waals surface area contributed by atoms with Crippen LogP contribution in [-0.4, -0.2) is 33.5 Å². The number of nitrogens with one attached hydrogen (secondary N) is 3. The van der Waals surface area contributed by atoms with Crippen molar-refractivity contribution in [2.24, 2.45) is 0 Å². The third-order valence-electron chi connectivity index (χ3n) is 4.16. The number of hydrogen-bond donors (Lipinski definition) is 3. The molecule has 27 heavy (non-hydrogen) atoms. The molecule has 1 aliphatic heterocycles. The Morgan fingerprint density at radius 3 is 2.33 bits per heavy atom. The zero-order valence-electron chi connectivity index (χ0n) is 14.4. The third-order valence-corrected chi connectivity index (χ3v) is 5.80. The Balaban J connectivity index is 0.00000261. The molecule has 146 valence electrons. The van der Waals surface area contributed by atoms with Crippen LogP contribution in [0.15, 0.2) is 53.4 Å². The second-order valence-electron chi connectivity index (χ2n) is 6.15. The van der Waals surface area contributed by atoms with Crippen LogP contribution in [0.4, 0.5) is 5.69 Å². The summed E-state index contributed by atoms with van der Waals surface area (Å²) >= 11 is 5.80. The fourth-order valence-corrected chi connectivity index (χ4v) is 3.95. The maximum absolute atomic E-state index is 12.4. The van der Waals surface area contributed by atoms with Crippen molar-refractivity contribution in [2.75, 3.05) is 17.8 Å². The molecule has 0 radical (unpaired) electrons. The van der Waals surface area contributed by atoms with Crippen LogP contribution in [0.25, 0.3) is 0 Å². The zero-order valence-corrected chi connectivity index (χ0v) is 16.8. The summed E-state index contributed by atoms with van der Waals surface area (Å²) in [6.07, 6.45) is 1.97. The summed E-state index contributed by atoms with van der Waals surface area (Å²) in [5, 5.41) is 6.72. The third kappa shape index (κ3) is 5.84. The van der Waals surface area contributed by atoms with Crippen LogP contribution in [-0.2, 0) is 10.0 Å². The molecule has 0 spiro atoms. The van der Waals surface area contributed by atoms with Crippen LogP contribution < -0.4 is 15.4 Å². The van der Waals surface area contributed by atoms with Gasteiger partial charge in [-0.05, 0) is 67.9 Å². The largest absolute Gasteiger partial charge is 0.348 e. The molecule has 1 heterocycles. The van der Waals surface area contributed by atoms with Gasteiger partial charge in [0, 0.05) is 28.9 Å². The van der Waals surface area contributed by atoms with Gasteiger partial charge in [0.15, 0.2) is 0 Å². The topological polar surface area (TPSA) is 87.3 Å². The SMILES string of the molecule is Cl.O=C(NC1CCCNC1)c1ccc(S(=O)(=O)Nc2ccc(Cl)cc2)cc1. The van der Waals surface area contributed by atoms with Gasteiger partial charge in [0.2, 0.25) is 0 Å². The van der Waals surface area contributed by atoms with E-state index in [1.807, 2.05) is 0 Å². The quantitative estimate of drug-likeness (QED) is 0.681. The van der Waals surface area contributed by atoms with Gasteiger partial charge in [-0.25, -0.2) is 8.42 Å². The summed E-state index contributed by atoms with van der Waals surface area (Å²) in [4.78, 5) is 12.4. The van der Waals surface area contributed by atoms with Gasteiger partial charge in [0.25, 0.3) is 15.9 Å². The molecule has 1 atom stereocenters. The minimum Gasteiger partial charge on any atom is -0.348 e. The fraction of sp³-hybridized carbons (Fsp3) is 0.278. The summed E-state index contributed by atoms with van der Waals surface area (Å²) in [5.41, 5.74) is 0.849. The van der Waals surface area contributed by atoms with Gasteiger partial charge in [0.1, 0.15) is 0 Å². The number of rotatable bonds is 5. The summed E-state index contributed by atoms with van der Waals surface area (Å²) in [7, 11) is -3.73. The molecule has 1 aliphatic rings. The molecule has 6 nitrogen and oxygen atoms in total. The first kappa shape index (κ1) is 21.5. The van der Waals surface area contributed by atoms with E-state index < -0.39 is 10.0 Å². The lowest BCUT2D eigenvalue weighted by Crippen LogP contribution is -2.45. The highest BCUT2D eigenvalue weighted by Gasteiger charge is 2.18. The van der Waals surface area contributed by atoms with E-state index in [1.54, 1.807) is 24.3 Å². The highest BCUT2D eigenvalue weighted by Crippen LogP contribution is 2.19. The second kappa shape index (κ2) is 9.41. The molecule has 2 aromatic rings. The Morgan fingerprint density at radius 2 is 1.74 bits per heavy atom. The zero-order chi connectivity index (χ0) is 18.6. The Morgan fingerprint density at radius 1 is 1.07 bits per heavy atom. The summed E-state index contributed by atoms with van der Waals surface area (Å²) in [6, 6.07) is 12.4. The van der Waals surface area contributed by atoms with Crippen LogP contribution in [0.2, 0.25) is 5.02 Å². The molecule has 2 aromatic carbocycles. The molecule has 3 N–H and O–H groups in total. The van der Waals surface area contributed by atoms with Crippen molar-refractivity contribution in [2.45, 2.75) is 23.8 Å². The monoisotopic (exact) mass is 429 g/mol. The molecule has 0 bridgehead atoms. The Hall–Kier alpha value is -1.80. The Kier molecular flexibility index (Phi) is 7.49. The number of amides is 1. The van der Waals surface area contributed by atoms with E-state index >= 15 is 0 Å². The van der Waals surface area contributed by atoms with E-state index in [9.17, 15) is 13.2 Å². The number of carbonyl (C=O) groups excluding carboxylic acids is 1. The summed E-state index contributed by atoms with van der Waals surface area (Å²) in [6.45, 7) is 1.72. The highest BCUT2D eigenvalue weighted by atomic mass is 35.5. The van der Waals surface area contributed by atoms with Crippen molar-refractivity contribution in [3.8, 4) is 0 Å². The molecule has 9 heteroatoms. The van der Waals surface area contributed by atoms with Crippen molar-refractivity contribution < 1.29 is 13.2 Å². The minimum absolute atomic E-state index is 0. The number of sulfonamides is 1. The predicted molar refractivity (Wildman–Crippen MR) is 109 cm³/mol. The Bertz CT molecular complexity index is 866. The molecule has 1 saturated heterocycles. The smallest absolute Gasteiger partial charge is 0.261 e. The first-order chi connectivity index (χ1) is 12.4. The van der Waals surface area contributed by atoms with E-state index in [4.69, 9.17) is 11.6 Å². The van der Waals surface area contributed by atoms with Crippen molar-refractivity contribution in [1.29, 1.82) is 0 Å². The lowest BCUT2D eigenvalue weighted by atomic mass is 10.1. The molecule has 0 saturated carbocycles. The fourth-order valence-electron chi connectivity index (χ4n) is 2.76. The van der Waals surface area contributed by atoms with E-state index in [1.165, 1.54) is 24.3 Å². The van der Waals surface area contributed by atoms with Gasteiger partial charge in [-0.3, -0.25) is 9.52 Å². The first-order valence-corrected chi connectivity index (χ1v) is 10.2. The molecule has 1 unspecified atom stereocenters. The standard InChI is InChI=1S/C18H20ClN3O3S.ClH/c19-14-5-7-15(8-6-14)22-26(24,25)17-9-3-13(4-10-17)18(23)21-16-2-1-11-20-12-16;/h3-10,16,20,22H,1-2,11-12H2,(H,21,23);1H. The van der Waals surface area contributed by atoms with Gasteiger partial charge in [-0.1, -0.05) is 11.6 Å². The van der Waals surface area contributed by atoms with E-state index in [0.717, 1.165) is 25.9 Å². The average molecular weight is 430 g/mol. The van der Waals surface area contributed by atoms with E-state index in [-0.39, 0.29) is 29.3 Å². The maximum atomic E-state index is 12.4. The molecule has 3 rings (SSSR count). The summed E-state index contributed by atoms with van der Waals surface area (Å²) < 4.78 is 27.3. The molecule has 1 amide bonds. The summed E-state index contributed by atoms with van der Waals surface area (Å²) in [5.74, 6) is -0.201. The number of benzene rings is 2. The average Bonchev–Trinajstić information content (AvgIpc) is 2.64.